The highest BCUT2D eigenvalue weighted by molar-refractivity contribution is 5.99. The van der Waals surface area contributed by atoms with Gasteiger partial charge in [-0.2, -0.15) is 0 Å². The van der Waals surface area contributed by atoms with E-state index in [4.69, 9.17) is 13.9 Å². The lowest BCUT2D eigenvalue weighted by Crippen LogP contribution is -2.48. The molecule has 1 aromatic carbocycles. The van der Waals surface area contributed by atoms with Gasteiger partial charge in [-0.3, -0.25) is 10.1 Å². The largest absolute Gasteiger partial charge is 0.497 e. The maximum Gasteiger partial charge on any atom is 0.375 e. The highest BCUT2D eigenvalue weighted by Crippen LogP contribution is 2.29. The van der Waals surface area contributed by atoms with Crippen molar-refractivity contribution in [1.29, 1.82) is 0 Å². The van der Waals surface area contributed by atoms with Crippen molar-refractivity contribution in [1.82, 2.24) is 10.6 Å². The van der Waals surface area contributed by atoms with Crippen LogP contribution in [0.2, 0.25) is 0 Å². The summed E-state index contributed by atoms with van der Waals surface area (Å²) in [6, 6.07) is 4.65. The molecule has 2 aromatic rings. The summed E-state index contributed by atoms with van der Waals surface area (Å²) in [6.45, 7) is 3.23. The number of esters is 1. The molecule has 1 aromatic heterocycles. The second kappa shape index (κ2) is 8.98. The van der Waals surface area contributed by atoms with Gasteiger partial charge < -0.3 is 19.2 Å². The maximum absolute atomic E-state index is 12.3. The fourth-order valence-electron chi connectivity index (χ4n) is 3.62. The van der Waals surface area contributed by atoms with Crippen LogP contribution in [0.3, 0.4) is 0 Å². The van der Waals surface area contributed by atoms with Gasteiger partial charge in [0.25, 0.3) is 5.91 Å². The smallest absolute Gasteiger partial charge is 0.375 e. The number of furan rings is 1. The lowest BCUT2D eigenvalue weighted by atomic mass is 9.86. The number of hydrogen-bond donors (Lipinski definition) is 2. The van der Waals surface area contributed by atoms with Crippen molar-refractivity contribution in [3.8, 4) is 5.75 Å². The number of hydrogen-bond acceptors (Lipinski definition) is 6. The molecule has 3 rings (SSSR count). The van der Waals surface area contributed by atoms with E-state index in [9.17, 15) is 14.4 Å². The Balaban J connectivity index is 1.53. The van der Waals surface area contributed by atoms with Crippen LogP contribution in [0.4, 0.5) is 4.79 Å². The summed E-state index contributed by atoms with van der Waals surface area (Å²) in [7, 11) is 1.55. The summed E-state index contributed by atoms with van der Waals surface area (Å²) >= 11 is 0. The van der Waals surface area contributed by atoms with Crippen LogP contribution >= 0.6 is 0 Å². The third-order valence-corrected chi connectivity index (χ3v) is 5.34. The molecule has 8 nitrogen and oxygen atoms in total. The Kier molecular flexibility index (Phi) is 6.41. The molecule has 29 heavy (non-hydrogen) atoms. The van der Waals surface area contributed by atoms with Crippen LogP contribution in [0, 0.1) is 12.8 Å². The van der Waals surface area contributed by atoms with E-state index in [1.165, 1.54) is 0 Å². The summed E-state index contributed by atoms with van der Waals surface area (Å²) in [5.41, 5.74) is 1.11. The molecule has 1 heterocycles. The first kappa shape index (κ1) is 20.7. The van der Waals surface area contributed by atoms with Gasteiger partial charge in [0.15, 0.2) is 6.61 Å². The Hall–Kier alpha value is -3.03. The molecule has 2 N–H and O–H groups in total. The Bertz CT molecular complexity index is 919. The number of benzene rings is 1. The van der Waals surface area contributed by atoms with Gasteiger partial charge in [-0.05, 0) is 43.9 Å². The van der Waals surface area contributed by atoms with Crippen molar-refractivity contribution in [2.24, 2.45) is 5.92 Å². The monoisotopic (exact) mass is 402 g/mol. The number of aryl methyl sites for hydroxylation is 1. The fourth-order valence-corrected chi connectivity index (χ4v) is 3.62. The van der Waals surface area contributed by atoms with Crippen LogP contribution in [-0.4, -0.2) is 37.7 Å². The molecule has 1 aliphatic rings. The van der Waals surface area contributed by atoms with Gasteiger partial charge in [-0.1, -0.05) is 19.8 Å². The number of fused-ring (bicyclic) bond motifs is 1. The Morgan fingerprint density at radius 1 is 1.21 bits per heavy atom. The molecule has 3 amide bonds. The minimum Gasteiger partial charge on any atom is -0.497 e. The summed E-state index contributed by atoms with van der Waals surface area (Å²) in [4.78, 5) is 36.3. The minimum absolute atomic E-state index is 0.0153. The molecule has 1 saturated carbocycles. The zero-order valence-electron chi connectivity index (χ0n) is 16.9. The highest BCUT2D eigenvalue weighted by atomic mass is 16.5. The van der Waals surface area contributed by atoms with E-state index in [2.05, 4.69) is 17.6 Å². The van der Waals surface area contributed by atoms with E-state index in [1.54, 1.807) is 32.2 Å². The summed E-state index contributed by atoms with van der Waals surface area (Å²) in [6.07, 6.45) is 4.17. The third-order valence-electron chi connectivity index (χ3n) is 5.34. The first-order chi connectivity index (χ1) is 13.9. The number of carbonyl (C=O) groups excluding carboxylic acids is 3. The summed E-state index contributed by atoms with van der Waals surface area (Å²) in [5, 5.41) is 5.74. The topological polar surface area (TPSA) is 107 Å². The summed E-state index contributed by atoms with van der Waals surface area (Å²) < 4.78 is 15.7. The molecular weight excluding hydrogens is 376 g/mol. The second-order valence-corrected chi connectivity index (χ2v) is 7.38. The van der Waals surface area contributed by atoms with E-state index in [0.717, 1.165) is 31.1 Å². The predicted molar refractivity (Wildman–Crippen MR) is 106 cm³/mol. The molecule has 8 heteroatoms. The van der Waals surface area contributed by atoms with Crippen LogP contribution in [0.25, 0.3) is 11.0 Å². The number of carbonyl (C=O) groups is 3. The van der Waals surface area contributed by atoms with Crippen LogP contribution < -0.4 is 15.4 Å². The molecule has 0 radical (unpaired) electrons. The van der Waals surface area contributed by atoms with Gasteiger partial charge in [0.2, 0.25) is 5.76 Å². The zero-order chi connectivity index (χ0) is 21.0. The Morgan fingerprint density at radius 2 is 1.97 bits per heavy atom. The van der Waals surface area contributed by atoms with Gasteiger partial charge in [0, 0.05) is 17.0 Å². The van der Waals surface area contributed by atoms with E-state index in [1.807, 2.05) is 0 Å². The van der Waals surface area contributed by atoms with E-state index < -0.39 is 24.5 Å². The number of imide groups is 1. The molecule has 0 bridgehead atoms. The van der Waals surface area contributed by atoms with Gasteiger partial charge in [-0.15, -0.1) is 0 Å². The molecule has 0 aliphatic heterocycles. The number of rotatable bonds is 5. The standard InChI is InChI=1S/C21H26N2O6/c1-12-6-4-5-7-16(12)22-21(26)23-18(24)11-28-20(25)19-13(2)15-10-14(27-3)8-9-17(15)29-19/h8-10,12,16H,4-7,11H2,1-3H3,(H2,22,23,24,26). The van der Waals surface area contributed by atoms with Gasteiger partial charge in [0.1, 0.15) is 11.3 Å². The Morgan fingerprint density at radius 3 is 2.69 bits per heavy atom. The number of nitrogens with one attached hydrogen (secondary N) is 2. The number of methoxy groups -OCH3 is 1. The lowest BCUT2D eigenvalue weighted by Gasteiger charge is -2.29. The maximum atomic E-state index is 12.3. The molecule has 0 spiro atoms. The third kappa shape index (κ3) is 4.88. The zero-order valence-corrected chi connectivity index (χ0v) is 16.9. The molecule has 0 saturated heterocycles. The lowest BCUT2D eigenvalue weighted by molar-refractivity contribution is -0.123. The first-order valence-corrected chi connectivity index (χ1v) is 9.73. The average molecular weight is 402 g/mol. The number of urea groups is 1. The van der Waals surface area contributed by atoms with Crippen LogP contribution in [-0.2, 0) is 9.53 Å². The Labute approximate surface area is 168 Å². The van der Waals surface area contributed by atoms with Crippen molar-refractivity contribution in [3.63, 3.8) is 0 Å². The molecule has 1 fully saturated rings. The van der Waals surface area contributed by atoms with Gasteiger partial charge in [-0.25, -0.2) is 9.59 Å². The molecule has 2 atom stereocenters. The SMILES string of the molecule is COc1ccc2oc(C(=O)OCC(=O)NC(=O)NC3CCCCC3C)c(C)c2c1. The van der Waals surface area contributed by atoms with Crippen LogP contribution in [0.5, 0.6) is 5.75 Å². The minimum atomic E-state index is -0.769. The normalized spacial score (nSPS) is 18.9. The fraction of sp³-hybridized carbons (Fsp3) is 0.476. The molecular formula is C21H26N2O6. The first-order valence-electron chi connectivity index (χ1n) is 9.73. The molecule has 156 valence electrons. The van der Waals surface area contributed by atoms with Crippen molar-refractivity contribution >= 4 is 28.9 Å². The number of amides is 3. The van der Waals surface area contributed by atoms with E-state index >= 15 is 0 Å². The van der Waals surface area contributed by atoms with Crippen molar-refractivity contribution in [3.05, 3.63) is 29.5 Å². The van der Waals surface area contributed by atoms with Crippen molar-refractivity contribution in [2.45, 2.75) is 45.6 Å². The second-order valence-electron chi connectivity index (χ2n) is 7.38. The number of ether oxygens (including phenoxy) is 2. The van der Waals surface area contributed by atoms with Crippen molar-refractivity contribution < 1.29 is 28.3 Å². The quantitative estimate of drug-likeness (QED) is 0.743. The predicted octanol–water partition coefficient (Wildman–Crippen LogP) is 3.31. The molecule has 1 aliphatic carbocycles. The molecule has 2 unspecified atom stereocenters. The van der Waals surface area contributed by atoms with Crippen molar-refractivity contribution in [2.75, 3.05) is 13.7 Å². The van der Waals surface area contributed by atoms with Crippen LogP contribution in [0.1, 0.15) is 48.7 Å². The van der Waals surface area contributed by atoms with Crippen LogP contribution in [0.15, 0.2) is 22.6 Å². The van der Waals surface area contributed by atoms with E-state index in [-0.39, 0.29) is 11.8 Å². The average Bonchev–Trinajstić information content (AvgIpc) is 3.04. The van der Waals surface area contributed by atoms with Gasteiger partial charge >= 0.3 is 12.0 Å². The summed E-state index contributed by atoms with van der Waals surface area (Å²) in [5.74, 6) is -0.443. The highest BCUT2D eigenvalue weighted by Gasteiger charge is 2.24. The van der Waals surface area contributed by atoms with E-state index in [0.29, 0.717) is 22.8 Å². The van der Waals surface area contributed by atoms with Gasteiger partial charge in [0.05, 0.1) is 7.11 Å².